The largest absolute Gasteiger partial charge is 0.377 e. The molecule has 1 saturated heterocycles. The maximum absolute atomic E-state index is 6.67. The lowest BCUT2D eigenvalue weighted by molar-refractivity contribution is -0.118. The fourth-order valence-corrected chi connectivity index (χ4v) is 4.82. The van der Waals surface area contributed by atoms with Gasteiger partial charge in [0.2, 0.25) is 0 Å². The zero-order valence-corrected chi connectivity index (χ0v) is 12.3. The molecular weight excluding hydrogens is 238 g/mol. The van der Waals surface area contributed by atoms with E-state index in [4.69, 9.17) is 15.2 Å². The molecule has 3 fully saturated rings. The van der Waals surface area contributed by atoms with Crippen LogP contribution < -0.4 is 5.73 Å². The Kier molecular flexibility index (Phi) is 3.89. The predicted molar refractivity (Wildman–Crippen MR) is 76.1 cm³/mol. The molecule has 0 bridgehead atoms. The van der Waals surface area contributed by atoms with Crippen LogP contribution in [0.25, 0.3) is 0 Å². The van der Waals surface area contributed by atoms with Crippen molar-refractivity contribution < 1.29 is 9.47 Å². The van der Waals surface area contributed by atoms with Crippen molar-refractivity contribution in [1.29, 1.82) is 0 Å². The Hall–Kier alpha value is -0.120. The molecule has 2 saturated carbocycles. The average molecular weight is 267 g/mol. The van der Waals surface area contributed by atoms with Crippen molar-refractivity contribution in [3.8, 4) is 0 Å². The molecule has 3 heteroatoms. The van der Waals surface area contributed by atoms with Crippen molar-refractivity contribution in [2.75, 3.05) is 13.7 Å². The molecular formula is C16H29NO2. The van der Waals surface area contributed by atoms with E-state index in [9.17, 15) is 0 Å². The monoisotopic (exact) mass is 267 g/mol. The fourth-order valence-electron chi connectivity index (χ4n) is 4.82. The molecule has 3 aliphatic rings. The Morgan fingerprint density at radius 3 is 2.37 bits per heavy atom. The molecule has 3 rings (SSSR count). The van der Waals surface area contributed by atoms with Crippen LogP contribution in [0.1, 0.15) is 64.2 Å². The summed E-state index contributed by atoms with van der Waals surface area (Å²) in [6, 6.07) is 0.196. The summed E-state index contributed by atoms with van der Waals surface area (Å²) >= 11 is 0. The first-order valence-electron chi connectivity index (χ1n) is 8.14. The molecule has 1 spiro atoms. The highest BCUT2D eigenvalue weighted by Crippen LogP contribution is 2.46. The Morgan fingerprint density at radius 1 is 1.11 bits per heavy atom. The highest BCUT2D eigenvalue weighted by atomic mass is 16.5. The first-order chi connectivity index (χ1) is 9.20. The zero-order chi connectivity index (χ0) is 13.3. The molecule has 3 nitrogen and oxygen atoms in total. The topological polar surface area (TPSA) is 44.5 Å². The van der Waals surface area contributed by atoms with E-state index in [0.717, 1.165) is 25.9 Å². The molecule has 0 aromatic rings. The van der Waals surface area contributed by atoms with Gasteiger partial charge in [-0.25, -0.2) is 0 Å². The van der Waals surface area contributed by atoms with Gasteiger partial charge in [-0.2, -0.15) is 0 Å². The zero-order valence-electron chi connectivity index (χ0n) is 12.3. The highest BCUT2D eigenvalue weighted by Gasteiger charge is 2.48. The van der Waals surface area contributed by atoms with Crippen LogP contribution in [0.2, 0.25) is 0 Å². The van der Waals surface area contributed by atoms with Crippen LogP contribution in [0.3, 0.4) is 0 Å². The van der Waals surface area contributed by atoms with Gasteiger partial charge in [-0.05, 0) is 44.4 Å². The van der Waals surface area contributed by atoms with Gasteiger partial charge >= 0.3 is 0 Å². The van der Waals surface area contributed by atoms with E-state index < -0.39 is 0 Å². The van der Waals surface area contributed by atoms with Crippen LogP contribution in [-0.2, 0) is 9.47 Å². The third kappa shape index (κ3) is 2.45. The first-order valence-corrected chi connectivity index (χ1v) is 8.14. The number of ether oxygens (including phenoxy) is 2. The smallest absolute Gasteiger partial charge is 0.0831 e. The summed E-state index contributed by atoms with van der Waals surface area (Å²) in [6.45, 7) is 0.901. The van der Waals surface area contributed by atoms with Crippen LogP contribution in [0, 0.1) is 5.92 Å². The SMILES string of the molecule is COC1(C(N)C2CCOC3(CCCC3)C2)CCCC1. The van der Waals surface area contributed by atoms with Crippen molar-refractivity contribution in [2.45, 2.75) is 81.5 Å². The van der Waals surface area contributed by atoms with Gasteiger partial charge in [0.05, 0.1) is 11.2 Å². The second-order valence-corrected chi connectivity index (χ2v) is 6.99. The summed E-state index contributed by atoms with van der Waals surface area (Å²) < 4.78 is 12.0. The van der Waals surface area contributed by atoms with E-state index >= 15 is 0 Å². The number of nitrogens with two attached hydrogens (primary N) is 1. The Labute approximate surface area is 117 Å². The third-order valence-electron chi connectivity index (χ3n) is 6.02. The summed E-state index contributed by atoms with van der Waals surface area (Å²) in [4.78, 5) is 0. The second-order valence-electron chi connectivity index (χ2n) is 6.99. The van der Waals surface area contributed by atoms with E-state index in [1.165, 1.54) is 44.9 Å². The van der Waals surface area contributed by atoms with Gasteiger partial charge < -0.3 is 15.2 Å². The summed E-state index contributed by atoms with van der Waals surface area (Å²) in [5.41, 5.74) is 6.80. The molecule has 1 aliphatic heterocycles. The summed E-state index contributed by atoms with van der Waals surface area (Å²) in [7, 11) is 1.86. The maximum atomic E-state index is 6.67. The van der Waals surface area contributed by atoms with Crippen LogP contribution in [-0.4, -0.2) is 31.0 Å². The molecule has 0 amide bonds. The van der Waals surface area contributed by atoms with Gasteiger partial charge in [0.25, 0.3) is 0 Å². The Bertz CT molecular complexity index is 306. The molecule has 0 aromatic carbocycles. The average Bonchev–Trinajstić information content (AvgIpc) is 3.08. The van der Waals surface area contributed by atoms with Gasteiger partial charge in [-0.15, -0.1) is 0 Å². The summed E-state index contributed by atoms with van der Waals surface area (Å²) in [5, 5.41) is 0. The predicted octanol–water partition coefficient (Wildman–Crippen LogP) is 3.01. The standard InChI is InChI=1S/C16H29NO2/c1-18-16(9-4-5-10-16)14(17)13-6-11-19-15(12-13)7-2-3-8-15/h13-14H,2-12,17H2,1H3. The third-order valence-corrected chi connectivity index (χ3v) is 6.02. The van der Waals surface area contributed by atoms with Crippen LogP contribution in [0.15, 0.2) is 0 Å². The van der Waals surface area contributed by atoms with Gasteiger partial charge in [0.15, 0.2) is 0 Å². The van der Waals surface area contributed by atoms with E-state index in [1.54, 1.807) is 0 Å². The number of hydrogen-bond donors (Lipinski definition) is 1. The van der Waals surface area contributed by atoms with Crippen molar-refractivity contribution in [3.63, 3.8) is 0 Å². The molecule has 2 atom stereocenters. The van der Waals surface area contributed by atoms with Crippen LogP contribution in [0.4, 0.5) is 0 Å². The lowest BCUT2D eigenvalue weighted by Gasteiger charge is -2.45. The number of hydrogen-bond acceptors (Lipinski definition) is 3. The first kappa shape index (κ1) is 13.8. The Balaban J connectivity index is 1.70. The molecule has 0 radical (unpaired) electrons. The minimum absolute atomic E-state index is 0.0399. The summed E-state index contributed by atoms with van der Waals surface area (Å²) in [5.74, 6) is 0.588. The van der Waals surface area contributed by atoms with E-state index in [2.05, 4.69) is 0 Å². The molecule has 2 aliphatic carbocycles. The molecule has 2 N–H and O–H groups in total. The van der Waals surface area contributed by atoms with Gasteiger partial charge in [0.1, 0.15) is 0 Å². The lowest BCUT2D eigenvalue weighted by Crippen LogP contribution is -2.55. The molecule has 0 aromatic heterocycles. The highest BCUT2D eigenvalue weighted by molar-refractivity contribution is 5.02. The normalized spacial score (nSPS) is 34.7. The molecule has 110 valence electrons. The molecule has 2 unspecified atom stereocenters. The van der Waals surface area contributed by atoms with Crippen LogP contribution >= 0.6 is 0 Å². The van der Waals surface area contributed by atoms with E-state index in [1.807, 2.05) is 7.11 Å². The molecule has 19 heavy (non-hydrogen) atoms. The Morgan fingerprint density at radius 2 is 1.74 bits per heavy atom. The van der Waals surface area contributed by atoms with Crippen molar-refractivity contribution >= 4 is 0 Å². The van der Waals surface area contributed by atoms with E-state index in [-0.39, 0.29) is 17.2 Å². The van der Waals surface area contributed by atoms with Crippen molar-refractivity contribution in [2.24, 2.45) is 11.7 Å². The molecule has 1 heterocycles. The summed E-state index contributed by atoms with van der Waals surface area (Å²) in [6.07, 6.45) is 12.3. The van der Waals surface area contributed by atoms with E-state index in [0.29, 0.717) is 5.92 Å². The number of rotatable bonds is 3. The van der Waals surface area contributed by atoms with Gasteiger partial charge in [-0.3, -0.25) is 0 Å². The van der Waals surface area contributed by atoms with Gasteiger partial charge in [-0.1, -0.05) is 25.7 Å². The lowest BCUT2D eigenvalue weighted by atomic mass is 9.74. The van der Waals surface area contributed by atoms with Crippen LogP contribution in [0.5, 0.6) is 0 Å². The maximum Gasteiger partial charge on any atom is 0.0831 e. The minimum atomic E-state index is -0.0399. The van der Waals surface area contributed by atoms with Crippen molar-refractivity contribution in [3.05, 3.63) is 0 Å². The van der Waals surface area contributed by atoms with Gasteiger partial charge in [0, 0.05) is 19.8 Å². The van der Waals surface area contributed by atoms with Crippen molar-refractivity contribution in [1.82, 2.24) is 0 Å². The second kappa shape index (κ2) is 5.34. The fraction of sp³-hybridized carbons (Fsp3) is 1.00. The quantitative estimate of drug-likeness (QED) is 0.855. The minimum Gasteiger partial charge on any atom is -0.377 e. The number of methoxy groups -OCH3 is 1.